The summed E-state index contributed by atoms with van der Waals surface area (Å²) in [6, 6.07) is 41.9. The van der Waals surface area contributed by atoms with E-state index in [9.17, 15) is 10.2 Å². The first-order chi connectivity index (χ1) is 33.3. The van der Waals surface area contributed by atoms with Crippen molar-refractivity contribution in [3.63, 3.8) is 0 Å². The summed E-state index contributed by atoms with van der Waals surface area (Å²) < 4.78 is 4.09. The van der Waals surface area contributed by atoms with E-state index in [1.807, 2.05) is 43.6 Å². The number of hydrazone groups is 2. The molecule has 0 saturated heterocycles. The molecule has 6 N–H and O–H groups in total. The molecule has 5 aromatic carbocycles. The van der Waals surface area contributed by atoms with Crippen molar-refractivity contribution in [1.29, 1.82) is 0 Å². The number of rotatable bonds is 20. The summed E-state index contributed by atoms with van der Waals surface area (Å²) in [6.07, 6.45) is 5.76. The Morgan fingerprint density at radius 2 is 0.824 bits per heavy atom. The highest BCUT2D eigenvalue weighted by molar-refractivity contribution is 6.30. The van der Waals surface area contributed by atoms with Crippen LogP contribution in [0.25, 0.3) is 22.3 Å². The van der Waals surface area contributed by atoms with Crippen molar-refractivity contribution in [1.82, 2.24) is 51.3 Å². The van der Waals surface area contributed by atoms with Crippen LogP contribution in [0.15, 0.2) is 132 Å². The molecule has 0 spiro atoms. The van der Waals surface area contributed by atoms with Crippen LogP contribution >= 0.6 is 23.2 Å². The van der Waals surface area contributed by atoms with Crippen molar-refractivity contribution < 1.29 is 10.2 Å². The molecule has 4 heterocycles. The van der Waals surface area contributed by atoms with Gasteiger partial charge >= 0.3 is 0 Å². The van der Waals surface area contributed by atoms with Crippen LogP contribution in [0.1, 0.15) is 95.9 Å². The molecule has 0 aliphatic carbocycles. The maximum absolute atomic E-state index is 10.0. The van der Waals surface area contributed by atoms with Crippen molar-refractivity contribution >= 4 is 34.9 Å². The molecule has 2 aliphatic rings. The van der Waals surface area contributed by atoms with Gasteiger partial charge < -0.3 is 19.3 Å². The zero-order valence-corrected chi connectivity index (χ0v) is 39.8. The predicted molar refractivity (Wildman–Crippen MR) is 269 cm³/mol. The third-order valence-corrected chi connectivity index (χ3v) is 12.9. The SMILES string of the molecule is CCCCc1nc(Cl)c(CO)n1Cc1ccc(-c2ccccc2C2=NNN(Cc3ccc(CN4NN=C(c5ccccc5-c5ccc(Cn6c(CCCC)nc(Cl)c6CO)cc5)N4)cc3)N2)cc1. The molecule has 0 fully saturated rings. The molecule has 350 valence electrons. The highest BCUT2D eigenvalue weighted by atomic mass is 35.5. The largest absolute Gasteiger partial charge is 0.390 e. The van der Waals surface area contributed by atoms with Crippen LogP contribution in [0.2, 0.25) is 10.3 Å². The van der Waals surface area contributed by atoms with Crippen molar-refractivity contribution in [2.45, 2.75) is 91.8 Å². The first-order valence-corrected chi connectivity index (χ1v) is 24.0. The fraction of sp³-hybridized carbons (Fsp3) is 0.269. The van der Waals surface area contributed by atoms with Gasteiger partial charge in [0.25, 0.3) is 0 Å². The highest BCUT2D eigenvalue weighted by Crippen LogP contribution is 2.29. The molecule has 2 aliphatic heterocycles. The van der Waals surface area contributed by atoms with Crippen molar-refractivity contribution in [2.75, 3.05) is 0 Å². The fourth-order valence-corrected chi connectivity index (χ4v) is 9.16. The lowest BCUT2D eigenvalue weighted by Crippen LogP contribution is -2.41. The first kappa shape index (κ1) is 46.6. The van der Waals surface area contributed by atoms with Crippen LogP contribution in [0.3, 0.4) is 0 Å². The number of aliphatic hydroxyl groups is 2. The van der Waals surface area contributed by atoms with E-state index in [-0.39, 0.29) is 13.2 Å². The Morgan fingerprint density at radius 1 is 0.471 bits per heavy atom. The molecule has 2 aromatic heterocycles. The monoisotopic (exact) mass is 950 g/mol. The Morgan fingerprint density at radius 3 is 1.19 bits per heavy atom. The van der Waals surface area contributed by atoms with E-state index in [4.69, 9.17) is 23.2 Å². The average molecular weight is 952 g/mol. The first-order valence-electron chi connectivity index (χ1n) is 23.2. The summed E-state index contributed by atoms with van der Waals surface area (Å²) >= 11 is 12.8. The van der Waals surface area contributed by atoms with Crippen molar-refractivity contribution in [3.8, 4) is 22.3 Å². The highest BCUT2D eigenvalue weighted by Gasteiger charge is 2.23. The summed E-state index contributed by atoms with van der Waals surface area (Å²) in [5.41, 5.74) is 25.1. The molecular formula is C52H56Cl2N12O2. The number of halogens is 2. The van der Waals surface area contributed by atoms with Crippen molar-refractivity contribution in [3.05, 3.63) is 188 Å². The normalized spacial score (nSPS) is 13.8. The third-order valence-electron chi connectivity index (χ3n) is 12.3. The molecule has 0 radical (unpaired) electrons. The van der Waals surface area contributed by atoms with Gasteiger partial charge in [0.1, 0.15) is 11.6 Å². The maximum atomic E-state index is 10.0. The summed E-state index contributed by atoms with van der Waals surface area (Å²) in [5.74, 6) is 3.26. The van der Waals surface area contributed by atoms with Crippen LogP contribution in [0, 0.1) is 0 Å². The minimum absolute atomic E-state index is 0.156. The number of amidine groups is 2. The van der Waals surface area contributed by atoms with E-state index in [0.717, 1.165) is 117 Å². The van der Waals surface area contributed by atoms with Gasteiger partial charge in [-0.3, -0.25) is 10.9 Å². The van der Waals surface area contributed by atoms with Crippen LogP contribution in [0.5, 0.6) is 0 Å². The van der Waals surface area contributed by atoms with E-state index >= 15 is 0 Å². The van der Waals surface area contributed by atoms with E-state index in [1.54, 1.807) is 0 Å². The van der Waals surface area contributed by atoms with Crippen LogP contribution in [-0.4, -0.2) is 51.2 Å². The topological polar surface area (TPSA) is 155 Å². The van der Waals surface area contributed by atoms with Gasteiger partial charge in [0.05, 0.1) is 37.7 Å². The number of nitrogens with one attached hydrogen (secondary N) is 4. The molecular weight excluding hydrogens is 896 g/mol. The van der Waals surface area contributed by atoms with Crippen LogP contribution in [0.4, 0.5) is 0 Å². The second kappa shape index (κ2) is 21.6. The van der Waals surface area contributed by atoms with E-state index in [0.29, 0.717) is 47.9 Å². The molecule has 14 nitrogen and oxygen atoms in total. The van der Waals surface area contributed by atoms with Gasteiger partial charge in [-0.1, -0.05) is 171 Å². The van der Waals surface area contributed by atoms with Gasteiger partial charge in [-0.25, -0.2) is 21.0 Å². The number of aromatic nitrogens is 4. The average Bonchev–Trinajstić information content (AvgIpc) is 4.17. The quantitative estimate of drug-likeness (QED) is 0.0437. The number of aliphatic hydroxyl groups excluding tert-OH is 2. The number of aryl methyl sites for hydroxylation is 2. The molecule has 7 aromatic rings. The number of hydrogen-bond acceptors (Lipinski definition) is 12. The zero-order valence-electron chi connectivity index (χ0n) is 38.3. The third kappa shape index (κ3) is 10.5. The van der Waals surface area contributed by atoms with Gasteiger partial charge in [-0.15, -0.1) is 20.4 Å². The predicted octanol–water partition coefficient (Wildman–Crippen LogP) is 8.86. The smallest absolute Gasteiger partial charge is 0.171 e. The van der Waals surface area contributed by atoms with E-state index in [2.05, 4.69) is 153 Å². The van der Waals surface area contributed by atoms with Gasteiger partial charge in [0.2, 0.25) is 0 Å². The zero-order chi connectivity index (χ0) is 47.0. The standard InChI is InChI=1S/C52H56Cl2N12O2/c1-3-5-15-47-55-49(53)45(33-67)63(47)29-35-21-25-39(26-22-35)41-11-7-9-13-43(41)51-57-61-65(59-51)31-37-17-19-38(20-18-37)32-66-60-52(58-62-66)44-14-10-8-12-42(44)40-27-23-36(24-28-40)30-64-46(34-68)50(54)56-48(64)16-6-4-2/h7-14,17-28,61-62,67-68H,3-6,15-16,29-34H2,1-2H3,(H,57,59)(H,58,60). The Labute approximate surface area is 406 Å². The van der Waals surface area contributed by atoms with Gasteiger partial charge in [-0.2, -0.15) is 0 Å². The lowest BCUT2D eigenvalue weighted by molar-refractivity contribution is 0.168. The minimum atomic E-state index is -0.156. The van der Waals surface area contributed by atoms with Crippen LogP contribution in [-0.2, 0) is 52.2 Å². The van der Waals surface area contributed by atoms with Crippen LogP contribution < -0.4 is 21.9 Å². The minimum Gasteiger partial charge on any atom is -0.390 e. The molecule has 0 atom stereocenters. The molecule has 9 rings (SSSR count). The number of imidazole rings is 2. The molecule has 0 amide bonds. The summed E-state index contributed by atoms with van der Waals surface area (Å²) in [4.78, 5) is 9.10. The second-order valence-electron chi connectivity index (χ2n) is 17.0. The molecule has 68 heavy (non-hydrogen) atoms. The lowest BCUT2D eigenvalue weighted by Gasteiger charge is -2.18. The number of benzene rings is 5. The molecule has 0 unspecified atom stereocenters. The Bertz CT molecular complexity index is 2700. The second-order valence-corrected chi connectivity index (χ2v) is 17.8. The molecule has 0 bridgehead atoms. The van der Waals surface area contributed by atoms with Gasteiger partial charge in [-0.05, 0) is 57.3 Å². The Balaban J connectivity index is 0.786. The number of hydrogen-bond donors (Lipinski definition) is 6. The number of nitrogens with zero attached hydrogens (tertiary/aromatic N) is 8. The lowest BCUT2D eigenvalue weighted by atomic mass is 9.98. The maximum Gasteiger partial charge on any atom is 0.171 e. The number of unbranched alkanes of at least 4 members (excludes halogenated alkanes) is 2. The Kier molecular flexibility index (Phi) is 14.8. The fourth-order valence-electron chi connectivity index (χ4n) is 8.65. The summed E-state index contributed by atoms with van der Waals surface area (Å²) in [7, 11) is 0. The molecule has 0 saturated carbocycles. The van der Waals surface area contributed by atoms with E-state index < -0.39 is 0 Å². The van der Waals surface area contributed by atoms with E-state index in [1.165, 1.54) is 0 Å². The Hall–Kier alpha value is -6.52. The van der Waals surface area contributed by atoms with Crippen molar-refractivity contribution in [2.24, 2.45) is 10.2 Å². The summed E-state index contributed by atoms with van der Waals surface area (Å²) in [5, 5.41) is 33.9. The van der Waals surface area contributed by atoms with Gasteiger partial charge in [0, 0.05) is 37.1 Å². The summed E-state index contributed by atoms with van der Waals surface area (Å²) in [6.45, 7) is 6.31. The van der Waals surface area contributed by atoms with Gasteiger partial charge in [0.15, 0.2) is 22.0 Å². The molecule has 16 heteroatoms. The number of hydrazine groups is 4.